The summed E-state index contributed by atoms with van der Waals surface area (Å²) in [6, 6.07) is 12.3. The van der Waals surface area contributed by atoms with E-state index in [1.54, 1.807) is 11.3 Å². The lowest BCUT2D eigenvalue weighted by Crippen LogP contribution is -1.97. The molecule has 0 aliphatic heterocycles. The van der Waals surface area contributed by atoms with Crippen molar-refractivity contribution in [3.63, 3.8) is 0 Å². The van der Waals surface area contributed by atoms with Crippen LogP contribution in [0.2, 0.25) is 0 Å². The van der Waals surface area contributed by atoms with Crippen molar-refractivity contribution >= 4 is 23.5 Å². The van der Waals surface area contributed by atoms with E-state index >= 15 is 0 Å². The summed E-state index contributed by atoms with van der Waals surface area (Å²) in [5.74, 6) is 0. The van der Waals surface area contributed by atoms with E-state index in [1.807, 2.05) is 12.1 Å². The largest absolute Gasteiger partial charge is 0.388 e. The van der Waals surface area contributed by atoms with E-state index in [0.29, 0.717) is 0 Å². The second-order valence-electron chi connectivity index (χ2n) is 5.03. The molecule has 1 N–H and O–H groups in total. The Morgan fingerprint density at radius 3 is 2.80 bits per heavy atom. The highest BCUT2D eigenvalue weighted by molar-refractivity contribution is 7.10. The number of aliphatic hydroxyl groups excluding tert-OH is 1. The maximum absolute atomic E-state index is 10.2. The number of thiophene rings is 1. The van der Waals surface area contributed by atoms with E-state index in [9.17, 15) is 5.11 Å². The number of unbranched alkanes of at least 4 members (excludes halogenated alkanes) is 2. The summed E-state index contributed by atoms with van der Waals surface area (Å²) in [4.78, 5) is 1.25. The first-order valence-electron chi connectivity index (χ1n) is 7.29. The molecule has 0 saturated heterocycles. The molecule has 2 heteroatoms. The van der Waals surface area contributed by atoms with Crippen molar-refractivity contribution in [2.75, 3.05) is 0 Å². The molecular weight excluding hydrogens is 264 g/mol. The maximum atomic E-state index is 10.2. The van der Waals surface area contributed by atoms with Gasteiger partial charge in [-0.25, -0.2) is 0 Å². The molecule has 1 atom stereocenters. The van der Waals surface area contributed by atoms with Crippen LogP contribution in [0.4, 0.5) is 0 Å². The summed E-state index contributed by atoms with van der Waals surface area (Å²) in [5, 5.41) is 12.3. The molecule has 0 amide bonds. The smallest absolute Gasteiger partial charge is 0.0790 e. The van der Waals surface area contributed by atoms with Gasteiger partial charge in [-0.05, 0) is 41.1 Å². The molecule has 0 spiro atoms. The lowest BCUT2D eigenvalue weighted by molar-refractivity contribution is 0.163. The molecule has 1 nitrogen and oxygen atoms in total. The topological polar surface area (TPSA) is 20.2 Å². The summed E-state index contributed by atoms with van der Waals surface area (Å²) in [6.07, 6.45) is 8.21. The van der Waals surface area contributed by atoms with Crippen LogP contribution in [0.1, 0.15) is 54.7 Å². The molecule has 2 rings (SSSR count). The average molecular weight is 286 g/mol. The first-order chi connectivity index (χ1) is 9.79. The van der Waals surface area contributed by atoms with Crippen LogP contribution in [0.15, 0.2) is 41.8 Å². The molecule has 106 valence electrons. The standard InChI is InChI=1S/C18H22OS/c1-2-3-4-10-18(19)16-8-5-7-15(14-16)11-12-17-9-6-13-20-17/h5-9,11-14,18-19H,2-4,10H2,1H3/b12-11+. The lowest BCUT2D eigenvalue weighted by Gasteiger charge is -2.11. The van der Waals surface area contributed by atoms with Gasteiger partial charge in [0.05, 0.1) is 6.10 Å². The first kappa shape index (κ1) is 15.0. The Morgan fingerprint density at radius 1 is 1.15 bits per heavy atom. The minimum atomic E-state index is -0.336. The highest BCUT2D eigenvalue weighted by atomic mass is 32.1. The van der Waals surface area contributed by atoms with E-state index in [4.69, 9.17) is 0 Å². The number of hydrogen-bond donors (Lipinski definition) is 1. The molecule has 1 aromatic carbocycles. The molecular formula is C18H22OS. The molecule has 0 radical (unpaired) electrons. The van der Waals surface area contributed by atoms with Gasteiger partial charge in [-0.2, -0.15) is 0 Å². The Hall–Kier alpha value is -1.38. The molecule has 1 heterocycles. The minimum Gasteiger partial charge on any atom is -0.388 e. The van der Waals surface area contributed by atoms with Crippen LogP contribution in [0.25, 0.3) is 12.2 Å². The number of benzene rings is 1. The van der Waals surface area contributed by atoms with Gasteiger partial charge in [-0.15, -0.1) is 11.3 Å². The Kier molecular flexibility index (Phi) is 6.03. The van der Waals surface area contributed by atoms with Crippen molar-refractivity contribution in [1.82, 2.24) is 0 Å². The zero-order chi connectivity index (χ0) is 14.2. The second kappa shape index (κ2) is 8.03. The lowest BCUT2D eigenvalue weighted by atomic mass is 10.0. The maximum Gasteiger partial charge on any atom is 0.0790 e. The molecule has 0 aliphatic carbocycles. The Balaban J connectivity index is 2.00. The third-order valence-electron chi connectivity index (χ3n) is 3.36. The fraction of sp³-hybridized carbons (Fsp3) is 0.333. The van der Waals surface area contributed by atoms with Gasteiger partial charge in [-0.3, -0.25) is 0 Å². The van der Waals surface area contributed by atoms with Crippen molar-refractivity contribution in [2.45, 2.75) is 38.7 Å². The van der Waals surface area contributed by atoms with Crippen LogP contribution in [0.5, 0.6) is 0 Å². The number of aliphatic hydroxyl groups is 1. The summed E-state index contributed by atoms with van der Waals surface area (Å²) < 4.78 is 0. The fourth-order valence-electron chi connectivity index (χ4n) is 2.19. The molecule has 2 aromatic rings. The van der Waals surface area contributed by atoms with Crippen molar-refractivity contribution in [3.8, 4) is 0 Å². The predicted molar refractivity (Wildman–Crippen MR) is 88.8 cm³/mol. The van der Waals surface area contributed by atoms with E-state index in [0.717, 1.165) is 24.0 Å². The Labute approximate surface area is 125 Å². The highest BCUT2D eigenvalue weighted by Crippen LogP contribution is 2.22. The normalized spacial score (nSPS) is 12.9. The molecule has 0 saturated carbocycles. The van der Waals surface area contributed by atoms with Gasteiger partial charge in [0.25, 0.3) is 0 Å². The molecule has 1 aromatic heterocycles. The first-order valence-corrected chi connectivity index (χ1v) is 8.17. The monoisotopic (exact) mass is 286 g/mol. The summed E-state index contributed by atoms with van der Waals surface area (Å²) in [5.41, 5.74) is 2.17. The molecule has 1 unspecified atom stereocenters. The van der Waals surface area contributed by atoms with Gasteiger partial charge in [0.2, 0.25) is 0 Å². The van der Waals surface area contributed by atoms with Gasteiger partial charge < -0.3 is 5.11 Å². The summed E-state index contributed by atoms with van der Waals surface area (Å²) in [6.45, 7) is 2.18. The number of hydrogen-bond acceptors (Lipinski definition) is 2. The zero-order valence-electron chi connectivity index (χ0n) is 12.0. The summed E-state index contributed by atoms with van der Waals surface area (Å²) >= 11 is 1.73. The third-order valence-corrected chi connectivity index (χ3v) is 4.20. The molecule has 20 heavy (non-hydrogen) atoms. The average Bonchev–Trinajstić information content (AvgIpc) is 2.99. The predicted octanol–water partition coefficient (Wildman–Crippen LogP) is 5.53. The Bertz CT molecular complexity index is 528. The van der Waals surface area contributed by atoms with Gasteiger partial charge in [0.15, 0.2) is 0 Å². The minimum absolute atomic E-state index is 0.336. The van der Waals surface area contributed by atoms with Crippen LogP contribution in [0.3, 0.4) is 0 Å². The van der Waals surface area contributed by atoms with E-state index in [1.165, 1.54) is 17.7 Å². The van der Waals surface area contributed by atoms with Gasteiger partial charge in [0.1, 0.15) is 0 Å². The van der Waals surface area contributed by atoms with Crippen LogP contribution >= 0.6 is 11.3 Å². The molecule has 0 fully saturated rings. The van der Waals surface area contributed by atoms with Gasteiger partial charge >= 0.3 is 0 Å². The number of rotatable bonds is 7. The quantitative estimate of drug-likeness (QED) is 0.663. The second-order valence-corrected chi connectivity index (χ2v) is 6.01. The van der Waals surface area contributed by atoms with Crippen molar-refractivity contribution in [1.29, 1.82) is 0 Å². The van der Waals surface area contributed by atoms with Crippen LogP contribution < -0.4 is 0 Å². The molecule has 0 bridgehead atoms. The van der Waals surface area contributed by atoms with E-state index in [2.05, 4.69) is 48.7 Å². The third kappa shape index (κ3) is 4.62. The molecule has 0 aliphatic rings. The van der Waals surface area contributed by atoms with Gasteiger partial charge in [-0.1, -0.05) is 56.5 Å². The van der Waals surface area contributed by atoms with Crippen LogP contribution in [0, 0.1) is 0 Å². The highest BCUT2D eigenvalue weighted by Gasteiger charge is 2.06. The summed E-state index contributed by atoms with van der Waals surface area (Å²) in [7, 11) is 0. The van der Waals surface area contributed by atoms with Crippen molar-refractivity contribution in [3.05, 3.63) is 57.8 Å². The van der Waals surface area contributed by atoms with E-state index < -0.39 is 0 Å². The van der Waals surface area contributed by atoms with Crippen molar-refractivity contribution in [2.24, 2.45) is 0 Å². The SMILES string of the molecule is CCCCCC(O)c1cccc(/C=C/c2cccs2)c1. The van der Waals surface area contributed by atoms with Crippen LogP contribution in [-0.4, -0.2) is 5.11 Å². The fourth-order valence-corrected chi connectivity index (χ4v) is 2.81. The van der Waals surface area contributed by atoms with E-state index in [-0.39, 0.29) is 6.10 Å². The van der Waals surface area contributed by atoms with Crippen LogP contribution in [-0.2, 0) is 0 Å². The Morgan fingerprint density at radius 2 is 2.05 bits per heavy atom. The van der Waals surface area contributed by atoms with Gasteiger partial charge in [0, 0.05) is 4.88 Å². The zero-order valence-corrected chi connectivity index (χ0v) is 12.8. The van der Waals surface area contributed by atoms with Crippen molar-refractivity contribution < 1.29 is 5.11 Å².